The first-order chi connectivity index (χ1) is 7.50. The molecule has 3 nitrogen and oxygen atoms in total. The zero-order chi connectivity index (χ0) is 11.9. The SMILES string of the molecule is Cc1cc(C(=O)N2CCC(N)C2C)sc1C. The molecular weight excluding hydrogens is 220 g/mol. The number of carbonyl (C=O) groups excluding carboxylic acids is 1. The van der Waals surface area contributed by atoms with Crippen molar-refractivity contribution >= 4 is 17.2 Å². The van der Waals surface area contributed by atoms with Gasteiger partial charge in [0, 0.05) is 23.5 Å². The van der Waals surface area contributed by atoms with Crippen LogP contribution in [0.1, 0.15) is 33.5 Å². The quantitative estimate of drug-likeness (QED) is 0.812. The number of rotatable bonds is 1. The normalized spacial score (nSPS) is 25.1. The molecule has 0 radical (unpaired) electrons. The number of aryl methyl sites for hydroxylation is 2. The molecule has 1 aliphatic rings. The summed E-state index contributed by atoms with van der Waals surface area (Å²) in [4.78, 5) is 16.2. The number of likely N-dealkylation sites (tertiary alicyclic amines) is 1. The zero-order valence-corrected chi connectivity index (χ0v) is 10.8. The van der Waals surface area contributed by atoms with Crippen molar-refractivity contribution in [3.05, 3.63) is 21.4 Å². The van der Waals surface area contributed by atoms with Gasteiger partial charge in [0.2, 0.25) is 0 Å². The summed E-state index contributed by atoms with van der Waals surface area (Å²) in [5.41, 5.74) is 7.13. The highest BCUT2D eigenvalue weighted by Gasteiger charge is 2.32. The van der Waals surface area contributed by atoms with E-state index in [1.807, 2.05) is 24.8 Å². The van der Waals surface area contributed by atoms with E-state index in [9.17, 15) is 4.79 Å². The molecule has 4 heteroatoms. The number of nitrogens with two attached hydrogens (primary N) is 1. The highest BCUT2D eigenvalue weighted by Crippen LogP contribution is 2.25. The van der Waals surface area contributed by atoms with Gasteiger partial charge in [0.1, 0.15) is 0 Å². The van der Waals surface area contributed by atoms with Crippen molar-refractivity contribution in [2.24, 2.45) is 5.73 Å². The van der Waals surface area contributed by atoms with E-state index in [4.69, 9.17) is 5.73 Å². The van der Waals surface area contributed by atoms with Crippen molar-refractivity contribution in [1.29, 1.82) is 0 Å². The number of hydrogen-bond acceptors (Lipinski definition) is 3. The van der Waals surface area contributed by atoms with Crippen LogP contribution in [0.2, 0.25) is 0 Å². The van der Waals surface area contributed by atoms with Crippen molar-refractivity contribution < 1.29 is 4.79 Å². The monoisotopic (exact) mass is 238 g/mol. The maximum Gasteiger partial charge on any atom is 0.264 e. The maximum absolute atomic E-state index is 12.2. The molecular formula is C12H18N2OS. The van der Waals surface area contributed by atoms with Gasteiger partial charge >= 0.3 is 0 Å². The Morgan fingerprint density at radius 1 is 1.56 bits per heavy atom. The van der Waals surface area contributed by atoms with Crippen molar-refractivity contribution in [3.8, 4) is 0 Å². The van der Waals surface area contributed by atoms with E-state index in [1.54, 1.807) is 11.3 Å². The Bertz CT molecular complexity index is 394. The molecule has 1 saturated heterocycles. The highest BCUT2D eigenvalue weighted by molar-refractivity contribution is 7.14. The molecule has 0 aromatic carbocycles. The summed E-state index contributed by atoms with van der Waals surface area (Å²) >= 11 is 1.58. The maximum atomic E-state index is 12.2. The first-order valence-electron chi connectivity index (χ1n) is 5.64. The number of hydrogen-bond donors (Lipinski definition) is 1. The average Bonchev–Trinajstić information content (AvgIpc) is 2.73. The van der Waals surface area contributed by atoms with Crippen molar-refractivity contribution in [2.75, 3.05) is 6.54 Å². The topological polar surface area (TPSA) is 46.3 Å². The fraction of sp³-hybridized carbons (Fsp3) is 0.583. The van der Waals surface area contributed by atoms with E-state index in [0.717, 1.165) is 17.8 Å². The number of carbonyl (C=O) groups is 1. The molecule has 1 amide bonds. The van der Waals surface area contributed by atoms with Crippen LogP contribution in [0.4, 0.5) is 0 Å². The summed E-state index contributed by atoms with van der Waals surface area (Å²) in [5, 5.41) is 0. The van der Waals surface area contributed by atoms with Crippen molar-refractivity contribution in [2.45, 2.75) is 39.3 Å². The third-order valence-electron chi connectivity index (χ3n) is 3.45. The van der Waals surface area contributed by atoms with Crippen LogP contribution in [-0.2, 0) is 0 Å². The average molecular weight is 238 g/mol. The van der Waals surface area contributed by atoms with E-state index in [1.165, 1.54) is 10.4 Å². The summed E-state index contributed by atoms with van der Waals surface area (Å²) in [6.45, 7) is 6.91. The minimum Gasteiger partial charge on any atom is -0.334 e. The van der Waals surface area contributed by atoms with E-state index >= 15 is 0 Å². The van der Waals surface area contributed by atoms with Crippen LogP contribution in [-0.4, -0.2) is 29.4 Å². The number of amides is 1. The lowest BCUT2D eigenvalue weighted by Crippen LogP contribution is -2.40. The smallest absolute Gasteiger partial charge is 0.264 e. The number of nitrogens with zero attached hydrogens (tertiary/aromatic N) is 1. The summed E-state index contributed by atoms with van der Waals surface area (Å²) in [7, 11) is 0. The minimum absolute atomic E-state index is 0.131. The van der Waals surface area contributed by atoms with Gasteiger partial charge in [-0.15, -0.1) is 11.3 Å². The van der Waals surface area contributed by atoms with Gasteiger partial charge in [-0.05, 0) is 38.8 Å². The van der Waals surface area contributed by atoms with Crippen molar-refractivity contribution in [3.63, 3.8) is 0 Å². The van der Waals surface area contributed by atoms with Gasteiger partial charge in [0.25, 0.3) is 5.91 Å². The molecule has 0 bridgehead atoms. The fourth-order valence-corrected chi connectivity index (χ4v) is 3.06. The molecule has 2 heterocycles. The van der Waals surface area contributed by atoms with Crippen LogP contribution >= 0.6 is 11.3 Å². The fourth-order valence-electron chi connectivity index (χ4n) is 2.07. The van der Waals surface area contributed by atoms with E-state index in [-0.39, 0.29) is 18.0 Å². The predicted molar refractivity (Wildman–Crippen MR) is 66.9 cm³/mol. The molecule has 1 aromatic heterocycles. The Labute approximate surface area is 100 Å². The molecule has 1 aromatic rings. The predicted octanol–water partition coefficient (Wildman–Crippen LogP) is 1.93. The first kappa shape index (κ1) is 11.6. The van der Waals surface area contributed by atoms with Gasteiger partial charge in [0.05, 0.1) is 4.88 Å². The molecule has 2 N–H and O–H groups in total. The van der Waals surface area contributed by atoms with Crippen LogP contribution in [0, 0.1) is 13.8 Å². The molecule has 2 atom stereocenters. The second-order valence-electron chi connectivity index (χ2n) is 4.54. The van der Waals surface area contributed by atoms with Gasteiger partial charge in [-0.2, -0.15) is 0 Å². The molecule has 2 unspecified atom stereocenters. The third kappa shape index (κ3) is 1.87. The van der Waals surface area contributed by atoms with E-state index < -0.39 is 0 Å². The van der Waals surface area contributed by atoms with Gasteiger partial charge in [-0.1, -0.05) is 0 Å². The minimum atomic E-state index is 0.131. The second kappa shape index (κ2) is 4.18. The summed E-state index contributed by atoms with van der Waals surface area (Å²) in [6, 6.07) is 2.28. The Balaban J connectivity index is 2.19. The second-order valence-corrected chi connectivity index (χ2v) is 5.80. The first-order valence-corrected chi connectivity index (χ1v) is 6.46. The molecule has 16 heavy (non-hydrogen) atoms. The van der Waals surface area contributed by atoms with Crippen molar-refractivity contribution in [1.82, 2.24) is 4.90 Å². The highest BCUT2D eigenvalue weighted by atomic mass is 32.1. The summed E-state index contributed by atoms with van der Waals surface area (Å²) in [6.07, 6.45) is 0.913. The summed E-state index contributed by atoms with van der Waals surface area (Å²) in [5.74, 6) is 0.140. The van der Waals surface area contributed by atoms with Crippen LogP contribution in [0.3, 0.4) is 0 Å². The summed E-state index contributed by atoms with van der Waals surface area (Å²) < 4.78 is 0. The lowest BCUT2D eigenvalue weighted by atomic mass is 10.1. The Hall–Kier alpha value is -0.870. The molecule has 0 saturated carbocycles. The van der Waals surface area contributed by atoms with Crippen LogP contribution in [0.15, 0.2) is 6.07 Å². The molecule has 2 rings (SSSR count). The van der Waals surface area contributed by atoms with Gasteiger partial charge in [-0.3, -0.25) is 4.79 Å². The largest absolute Gasteiger partial charge is 0.334 e. The Morgan fingerprint density at radius 2 is 2.25 bits per heavy atom. The number of thiophene rings is 1. The van der Waals surface area contributed by atoms with E-state index in [0.29, 0.717) is 0 Å². The lowest BCUT2D eigenvalue weighted by molar-refractivity contribution is 0.0747. The molecule has 88 valence electrons. The Kier molecular flexibility index (Phi) is 3.04. The lowest BCUT2D eigenvalue weighted by Gasteiger charge is -2.22. The standard InChI is InChI=1S/C12H18N2OS/c1-7-6-11(16-9(7)3)12(15)14-5-4-10(13)8(14)2/h6,8,10H,4-5,13H2,1-3H3. The van der Waals surface area contributed by atoms with Gasteiger partial charge < -0.3 is 10.6 Å². The zero-order valence-electron chi connectivity index (χ0n) is 9.99. The third-order valence-corrected chi connectivity index (χ3v) is 4.59. The van der Waals surface area contributed by atoms with Crippen LogP contribution in [0.25, 0.3) is 0 Å². The van der Waals surface area contributed by atoms with Crippen LogP contribution in [0.5, 0.6) is 0 Å². The van der Waals surface area contributed by atoms with E-state index in [2.05, 4.69) is 6.92 Å². The molecule has 1 fully saturated rings. The Morgan fingerprint density at radius 3 is 2.69 bits per heavy atom. The molecule has 0 spiro atoms. The van der Waals surface area contributed by atoms with Crippen LogP contribution < -0.4 is 5.73 Å². The molecule has 1 aliphatic heterocycles. The van der Waals surface area contributed by atoms with Gasteiger partial charge in [0.15, 0.2) is 0 Å². The van der Waals surface area contributed by atoms with Gasteiger partial charge in [-0.25, -0.2) is 0 Å². The molecule has 0 aliphatic carbocycles.